The lowest BCUT2D eigenvalue weighted by Gasteiger charge is -2.28. The number of carboxylic acids is 1. The van der Waals surface area contributed by atoms with Crippen molar-refractivity contribution >= 4 is 11.8 Å². The summed E-state index contributed by atoms with van der Waals surface area (Å²) in [5.74, 6) is -1.69. The van der Waals surface area contributed by atoms with Gasteiger partial charge in [0.25, 0.3) is 0 Å². The molecule has 0 radical (unpaired) electrons. The van der Waals surface area contributed by atoms with Crippen LogP contribution in [0.2, 0.25) is 0 Å². The van der Waals surface area contributed by atoms with E-state index in [0.717, 1.165) is 24.0 Å². The monoisotopic (exact) mass is 260 g/mol. The highest BCUT2D eigenvalue weighted by Gasteiger charge is 2.36. The Hall–Kier alpha value is -1.64. The number of carbonyl (C=O) groups is 2. The molecule has 0 saturated heterocycles. The summed E-state index contributed by atoms with van der Waals surface area (Å²) in [6.45, 7) is 3.91. The second-order valence-electron chi connectivity index (χ2n) is 5.45. The predicted octanol–water partition coefficient (Wildman–Crippen LogP) is 3.38. The van der Waals surface area contributed by atoms with Crippen LogP contribution < -0.4 is 0 Å². The van der Waals surface area contributed by atoms with E-state index in [0.29, 0.717) is 18.4 Å². The predicted molar refractivity (Wildman–Crippen MR) is 73.3 cm³/mol. The fourth-order valence-corrected chi connectivity index (χ4v) is 2.96. The topological polar surface area (TPSA) is 54.4 Å². The van der Waals surface area contributed by atoms with Gasteiger partial charge in [-0.25, -0.2) is 0 Å². The first kappa shape index (κ1) is 13.8. The van der Waals surface area contributed by atoms with Crippen LogP contribution in [0.1, 0.15) is 47.2 Å². The normalized spacial score (nSPS) is 23.1. The second-order valence-corrected chi connectivity index (χ2v) is 5.45. The van der Waals surface area contributed by atoms with Gasteiger partial charge in [0.2, 0.25) is 0 Å². The van der Waals surface area contributed by atoms with Gasteiger partial charge in [0.05, 0.1) is 5.92 Å². The number of ketones is 1. The van der Waals surface area contributed by atoms with E-state index in [1.54, 1.807) is 0 Å². The van der Waals surface area contributed by atoms with E-state index in [2.05, 4.69) is 0 Å². The smallest absolute Gasteiger partial charge is 0.307 e. The Morgan fingerprint density at radius 3 is 2.37 bits per heavy atom. The highest BCUT2D eigenvalue weighted by molar-refractivity contribution is 6.01. The van der Waals surface area contributed by atoms with E-state index in [1.165, 1.54) is 0 Å². The summed E-state index contributed by atoms with van der Waals surface area (Å²) in [5.41, 5.74) is 2.74. The molecule has 0 amide bonds. The van der Waals surface area contributed by atoms with Crippen molar-refractivity contribution in [1.29, 1.82) is 0 Å². The fraction of sp³-hybridized carbons (Fsp3) is 0.500. The molecule has 0 spiro atoms. The molecule has 1 fully saturated rings. The second kappa shape index (κ2) is 5.55. The highest BCUT2D eigenvalue weighted by atomic mass is 16.4. The first-order valence-electron chi connectivity index (χ1n) is 6.85. The number of hydrogen-bond donors (Lipinski definition) is 1. The lowest BCUT2D eigenvalue weighted by Crippen LogP contribution is -2.33. The van der Waals surface area contributed by atoms with Crippen LogP contribution in [0.15, 0.2) is 18.2 Å². The standard InChI is InChI=1S/C16H20O3/c1-10-6-5-9-12(11(10)2)15(17)13-7-3-4-8-14(13)16(18)19/h5-6,9,13-14H,3-4,7-8H2,1-2H3,(H,18,19)/t13-,14-/m1/s1. The molecule has 1 N–H and O–H groups in total. The SMILES string of the molecule is Cc1cccc(C(=O)[C@@H]2CCCC[C@H]2C(=O)O)c1C. The van der Waals surface area contributed by atoms with Gasteiger partial charge in [-0.05, 0) is 37.8 Å². The Labute approximate surface area is 113 Å². The molecular formula is C16H20O3. The molecule has 1 saturated carbocycles. The average Bonchev–Trinajstić information content (AvgIpc) is 2.41. The molecule has 1 aliphatic carbocycles. The summed E-state index contributed by atoms with van der Waals surface area (Å²) in [7, 11) is 0. The van der Waals surface area contributed by atoms with Crippen LogP contribution in [0, 0.1) is 25.7 Å². The third kappa shape index (κ3) is 2.70. The maximum Gasteiger partial charge on any atom is 0.307 e. The zero-order valence-corrected chi connectivity index (χ0v) is 11.5. The molecule has 0 unspecified atom stereocenters. The molecular weight excluding hydrogens is 240 g/mol. The van der Waals surface area contributed by atoms with Crippen LogP contribution in [-0.4, -0.2) is 16.9 Å². The summed E-state index contributed by atoms with van der Waals surface area (Å²) < 4.78 is 0. The zero-order chi connectivity index (χ0) is 14.0. The van der Waals surface area contributed by atoms with Crippen molar-refractivity contribution in [1.82, 2.24) is 0 Å². The molecule has 1 aliphatic rings. The summed E-state index contributed by atoms with van der Waals surface area (Å²) in [6, 6.07) is 5.66. The van der Waals surface area contributed by atoms with Crippen molar-refractivity contribution in [3.8, 4) is 0 Å². The first-order valence-corrected chi connectivity index (χ1v) is 6.85. The molecule has 19 heavy (non-hydrogen) atoms. The van der Waals surface area contributed by atoms with E-state index in [4.69, 9.17) is 0 Å². The first-order chi connectivity index (χ1) is 9.02. The van der Waals surface area contributed by atoms with Crippen LogP contribution in [0.25, 0.3) is 0 Å². The third-order valence-corrected chi connectivity index (χ3v) is 4.29. The summed E-state index contributed by atoms with van der Waals surface area (Å²) in [6.07, 6.45) is 3.18. The highest BCUT2D eigenvalue weighted by Crippen LogP contribution is 2.33. The molecule has 102 valence electrons. The summed E-state index contributed by atoms with van der Waals surface area (Å²) in [4.78, 5) is 23.9. The van der Waals surface area contributed by atoms with E-state index in [-0.39, 0.29) is 11.7 Å². The largest absolute Gasteiger partial charge is 0.481 e. The lowest BCUT2D eigenvalue weighted by molar-refractivity contribution is -0.144. The molecule has 1 aromatic rings. The Morgan fingerprint density at radius 2 is 1.74 bits per heavy atom. The van der Waals surface area contributed by atoms with E-state index in [9.17, 15) is 14.7 Å². The summed E-state index contributed by atoms with van der Waals surface area (Å²) in [5, 5.41) is 9.28. The number of aryl methyl sites for hydroxylation is 1. The Bertz CT molecular complexity index is 505. The van der Waals surface area contributed by atoms with Gasteiger partial charge in [-0.2, -0.15) is 0 Å². The van der Waals surface area contributed by atoms with Gasteiger partial charge in [0, 0.05) is 11.5 Å². The van der Waals surface area contributed by atoms with Gasteiger partial charge in [-0.15, -0.1) is 0 Å². The van der Waals surface area contributed by atoms with Crippen LogP contribution in [0.5, 0.6) is 0 Å². The zero-order valence-electron chi connectivity index (χ0n) is 11.5. The Kier molecular flexibility index (Phi) is 4.03. The van der Waals surface area contributed by atoms with Crippen molar-refractivity contribution in [3.05, 3.63) is 34.9 Å². The van der Waals surface area contributed by atoms with Crippen molar-refractivity contribution < 1.29 is 14.7 Å². The van der Waals surface area contributed by atoms with E-state index >= 15 is 0 Å². The minimum absolute atomic E-state index is 0.00769. The molecule has 0 aromatic heterocycles. The maximum atomic E-state index is 12.6. The van der Waals surface area contributed by atoms with Gasteiger partial charge in [-0.3, -0.25) is 9.59 Å². The molecule has 0 heterocycles. The third-order valence-electron chi connectivity index (χ3n) is 4.29. The number of carbonyl (C=O) groups excluding carboxylic acids is 1. The molecule has 1 aromatic carbocycles. The number of hydrogen-bond acceptors (Lipinski definition) is 2. The Balaban J connectivity index is 2.31. The number of carboxylic acid groups (broad SMARTS) is 1. The van der Waals surface area contributed by atoms with Gasteiger partial charge in [0.15, 0.2) is 5.78 Å². The minimum Gasteiger partial charge on any atom is -0.481 e. The molecule has 0 aliphatic heterocycles. The van der Waals surface area contributed by atoms with Crippen molar-refractivity contribution in [2.24, 2.45) is 11.8 Å². The van der Waals surface area contributed by atoms with Gasteiger partial charge in [0.1, 0.15) is 0 Å². The van der Waals surface area contributed by atoms with E-state index in [1.807, 2.05) is 32.0 Å². The average molecular weight is 260 g/mol. The minimum atomic E-state index is -0.830. The van der Waals surface area contributed by atoms with E-state index < -0.39 is 11.9 Å². The van der Waals surface area contributed by atoms with Crippen molar-refractivity contribution in [2.75, 3.05) is 0 Å². The molecule has 2 atom stereocenters. The van der Waals surface area contributed by atoms with Crippen LogP contribution in [0.3, 0.4) is 0 Å². The number of benzene rings is 1. The fourth-order valence-electron chi connectivity index (χ4n) is 2.96. The Morgan fingerprint density at radius 1 is 1.11 bits per heavy atom. The van der Waals surface area contributed by atoms with Crippen LogP contribution in [0.4, 0.5) is 0 Å². The van der Waals surface area contributed by atoms with Crippen molar-refractivity contribution in [3.63, 3.8) is 0 Å². The number of Topliss-reactive ketones (excluding diaryl/α,β-unsaturated/α-hetero) is 1. The number of rotatable bonds is 3. The maximum absolute atomic E-state index is 12.6. The number of aliphatic carboxylic acids is 1. The summed E-state index contributed by atoms with van der Waals surface area (Å²) >= 11 is 0. The van der Waals surface area contributed by atoms with Gasteiger partial charge in [-0.1, -0.05) is 31.0 Å². The quantitative estimate of drug-likeness (QED) is 0.848. The van der Waals surface area contributed by atoms with Gasteiger partial charge < -0.3 is 5.11 Å². The van der Waals surface area contributed by atoms with Crippen molar-refractivity contribution in [2.45, 2.75) is 39.5 Å². The molecule has 2 rings (SSSR count). The molecule has 3 nitrogen and oxygen atoms in total. The lowest BCUT2D eigenvalue weighted by atomic mass is 9.75. The van der Waals surface area contributed by atoms with Gasteiger partial charge >= 0.3 is 5.97 Å². The van der Waals surface area contributed by atoms with Crippen LogP contribution in [-0.2, 0) is 4.79 Å². The van der Waals surface area contributed by atoms with Crippen LogP contribution >= 0.6 is 0 Å². The molecule has 0 bridgehead atoms. The molecule has 3 heteroatoms.